The molecule has 1 unspecified atom stereocenters. The highest BCUT2D eigenvalue weighted by molar-refractivity contribution is 8.01. The second-order valence-corrected chi connectivity index (χ2v) is 10.1. The van der Waals surface area contributed by atoms with Gasteiger partial charge >= 0.3 is 0 Å². The SMILES string of the molecule is C=S(C)(=O)c1sc(N(C)C(=O)Cc2ccc(-c3ccccn3)cc2)nc1C. The van der Waals surface area contributed by atoms with Crippen LogP contribution in [0, 0.1) is 6.92 Å². The first-order chi connectivity index (χ1) is 12.8. The number of anilines is 1. The van der Waals surface area contributed by atoms with Crippen molar-refractivity contribution < 1.29 is 9.00 Å². The highest BCUT2D eigenvalue weighted by Crippen LogP contribution is 2.29. The van der Waals surface area contributed by atoms with Crippen molar-refractivity contribution in [2.75, 3.05) is 18.2 Å². The number of carbonyl (C=O) groups excluding carboxylic acids is 1. The molecule has 3 rings (SSSR count). The Balaban J connectivity index is 1.73. The Morgan fingerprint density at radius 3 is 2.48 bits per heavy atom. The predicted molar refractivity (Wildman–Crippen MR) is 113 cm³/mol. The van der Waals surface area contributed by atoms with E-state index in [0.29, 0.717) is 15.0 Å². The number of hydrogen-bond acceptors (Lipinski definition) is 5. The summed E-state index contributed by atoms with van der Waals surface area (Å²) in [5.41, 5.74) is 3.48. The van der Waals surface area contributed by atoms with E-state index < -0.39 is 9.52 Å². The van der Waals surface area contributed by atoms with Crippen LogP contribution in [-0.2, 0) is 20.7 Å². The second-order valence-electron chi connectivity index (χ2n) is 6.42. The van der Waals surface area contributed by atoms with E-state index in [1.54, 1.807) is 26.4 Å². The van der Waals surface area contributed by atoms with Crippen molar-refractivity contribution in [2.24, 2.45) is 0 Å². The van der Waals surface area contributed by atoms with Crippen LogP contribution in [0.4, 0.5) is 5.13 Å². The normalized spacial score (nSPS) is 13.1. The van der Waals surface area contributed by atoms with Gasteiger partial charge < -0.3 is 0 Å². The van der Waals surface area contributed by atoms with Gasteiger partial charge in [-0.25, -0.2) is 4.98 Å². The van der Waals surface area contributed by atoms with Gasteiger partial charge in [0.15, 0.2) is 5.13 Å². The fraction of sp³-hybridized carbons (Fsp3) is 0.200. The molecular weight excluding hydrogens is 378 g/mol. The monoisotopic (exact) mass is 399 g/mol. The molecule has 0 saturated heterocycles. The summed E-state index contributed by atoms with van der Waals surface area (Å²) < 4.78 is 12.8. The summed E-state index contributed by atoms with van der Waals surface area (Å²) in [5, 5.41) is 0.538. The largest absolute Gasteiger partial charge is 0.291 e. The number of amides is 1. The first-order valence-corrected chi connectivity index (χ1v) is 11.3. The van der Waals surface area contributed by atoms with Crippen molar-refractivity contribution in [1.29, 1.82) is 0 Å². The molecule has 0 spiro atoms. The standard InChI is InChI=1S/C20H21N3O2S2/c1-14-19(27(3,4)25)26-20(22-14)23(2)18(24)13-15-8-10-16(11-9-15)17-7-5-6-12-21-17/h5-12H,3,13H2,1-2,4H3. The predicted octanol–water partition coefficient (Wildman–Crippen LogP) is 3.42. The van der Waals surface area contributed by atoms with Crippen LogP contribution in [-0.4, -0.2) is 39.3 Å². The molecule has 0 radical (unpaired) electrons. The van der Waals surface area contributed by atoms with E-state index in [2.05, 4.69) is 15.8 Å². The van der Waals surface area contributed by atoms with Crippen molar-refractivity contribution in [3.8, 4) is 11.3 Å². The maximum atomic E-state index is 12.6. The summed E-state index contributed by atoms with van der Waals surface area (Å²) in [6.07, 6.45) is 3.60. The third-order valence-corrected chi connectivity index (χ3v) is 7.48. The highest BCUT2D eigenvalue weighted by Gasteiger charge is 2.19. The Morgan fingerprint density at radius 1 is 1.22 bits per heavy atom. The zero-order chi connectivity index (χ0) is 19.6. The fourth-order valence-electron chi connectivity index (χ4n) is 2.64. The molecule has 0 aliphatic rings. The first-order valence-electron chi connectivity index (χ1n) is 8.32. The topological polar surface area (TPSA) is 63.2 Å². The van der Waals surface area contributed by atoms with Crippen molar-refractivity contribution in [1.82, 2.24) is 9.97 Å². The smallest absolute Gasteiger partial charge is 0.232 e. The third-order valence-electron chi connectivity index (χ3n) is 4.07. The van der Waals surface area contributed by atoms with Gasteiger partial charge in [0.25, 0.3) is 0 Å². The molecular formula is C20H21N3O2S2. The lowest BCUT2D eigenvalue weighted by Gasteiger charge is -2.14. The summed E-state index contributed by atoms with van der Waals surface area (Å²) in [4.78, 5) is 22.9. The van der Waals surface area contributed by atoms with E-state index in [1.807, 2.05) is 42.5 Å². The number of benzene rings is 1. The molecule has 0 bridgehead atoms. The van der Waals surface area contributed by atoms with Gasteiger partial charge in [-0.15, -0.1) is 0 Å². The molecule has 1 atom stereocenters. The molecule has 27 heavy (non-hydrogen) atoms. The lowest BCUT2D eigenvalue weighted by Crippen LogP contribution is -2.27. The Labute approximate surface area is 163 Å². The maximum Gasteiger partial charge on any atom is 0.232 e. The molecule has 0 fully saturated rings. The van der Waals surface area contributed by atoms with E-state index in [9.17, 15) is 9.00 Å². The molecule has 0 aliphatic heterocycles. The number of nitrogens with zero attached hydrogens (tertiary/aromatic N) is 3. The number of hydrogen-bond donors (Lipinski definition) is 0. The summed E-state index contributed by atoms with van der Waals surface area (Å²) in [7, 11) is -0.662. The number of thiazole rings is 1. The first kappa shape index (κ1) is 19.3. The van der Waals surface area contributed by atoms with E-state index in [0.717, 1.165) is 16.8 Å². The second kappa shape index (κ2) is 7.62. The van der Waals surface area contributed by atoms with Gasteiger partial charge in [0.05, 0.1) is 17.8 Å². The number of likely N-dealkylation sites (N-methyl/N-ethyl adjacent to an activating group) is 1. The maximum absolute atomic E-state index is 12.6. The van der Waals surface area contributed by atoms with Crippen molar-refractivity contribution in [3.63, 3.8) is 0 Å². The summed E-state index contributed by atoms with van der Waals surface area (Å²) in [6, 6.07) is 13.6. The molecule has 140 valence electrons. The van der Waals surface area contributed by atoms with Gasteiger partial charge in [-0.05, 0) is 30.5 Å². The molecule has 3 aromatic rings. The molecule has 0 N–H and O–H groups in total. The zero-order valence-corrected chi connectivity index (χ0v) is 17.1. The summed E-state index contributed by atoms with van der Waals surface area (Å²) in [6.45, 7) is 1.79. The Bertz CT molecular complexity index is 1060. The molecule has 1 amide bonds. The molecule has 2 aromatic heterocycles. The van der Waals surface area contributed by atoms with Gasteiger partial charge in [0.1, 0.15) is 4.21 Å². The number of aromatic nitrogens is 2. The van der Waals surface area contributed by atoms with Crippen LogP contribution >= 0.6 is 11.3 Å². The quantitative estimate of drug-likeness (QED) is 0.617. The molecule has 2 heterocycles. The Hall–Kier alpha value is -2.51. The molecule has 7 heteroatoms. The molecule has 0 saturated carbocycles. The van der Waals surface area contributed by atoms with Gasteiger partial charge in [-0.1, -0.05) is 41.7 Å². The number of aryl methyl sites for hydroxylation is 1. The zero-order valence-electron chi connectivity index (χ0n) is 15.5. The van der Waals surface area contributed by atoms with Crippen LogP contribution in [0.25, 0.3) is 11.3 Å². The average Bonchev–Trinajstić information content (AvgIpc) is 3.04. The van der Waals surface area contributed by atoms with Crippen LogP contribution in [0.15, 0.2) is 52.9 Å². The highest BCUT2D eigenvalue weighted by atomic mass is 32.2. The number of rotatable bonds is 5. The van der Waals surface area contributed by atoms with E-state index in [-0.39, 0.29) is 12.3 Å². The minimum atomic E-state index is -2.35. The summed E-state index contributed by atoms with van der Waals surface area (Å²) >= 11 is 1.26. The minimum Gasteiger partial charge on any atom is -0.291 e. The fourth-order valence-corrected chi connectivity index (χ4v) is 5.02. The molecule has 5 nitrogen and oxygen atoms in total. The number of pyridine rings is 1. The van der Waals surface area contributed by atoms with Gasteiger partial charge in [-0.3, -0.25) is 18.9 Å². The number of carbonyl (C=O) groups is 1. The summed E-state index contributed by atoms with van der Waals surface area (Å²) in [5.74, 6) is 3.63. The Kier molecular flexibility index (Phi) is 5.43. The van der Waals surface area contributed by atoms with Crippen LogP contribution < -0.4 is 4.90 Å². The van der Waals surface area contributed by atoms with Crippen LogP contribution in [0.5, 0.6) is 0 Å². The molecule has 0 aliphatic carbocycles. The Morgan fingerprint density at radius 2 is 1.93 bits per heavy atom. The van der Waals surface area contributed by atoms with Crippen molar-refractivity contribution >= 4 is 37.8 Å². The van der Waals surface area contributed by atoms with Crippen molar-refractivity contribution in [2.45, 2.75) is 17.6 Å². The van der Waals surface area contributed by atoms with E-state index in [4.69, 9.17) is 0 Å². The lowest BCUT2D eigenvalue weighted by atomic mass is 10.1. The van der Waals surface area contributed by atoms with E-state index in [1.165, 1.54) is 16.2 Å². The third kappa shape index (κ3) is 4.43. The van der Waals surface area contributed by atoms with Gasteiger partial charge in [0.2, 0.25) is 5.91 Å². The minimum absolute atomic E-state index is 0.0763. The van der Waals surface area contributed by atoms with Crippen molar-refractivity contribution in [3.05, 3.63) is 59.9 Å². The van der Waals surface area contributed by atoms with Gasteiger partial charge in [-0.2, -0.15) is 0 Å². The average molecular weight is 400 g/mol. The van der Waals surface area contributed by atoms with E-state index >= 15 is 0 Å². The molecule has 1 aromatic carbocycles. The van der Waals surface area contributed by atoms with Crippen LogP contribution in [0.3, 0.4) is 0 Å². The van der Waals surface area contributed by atoms with Crippen LogP contribution in [0.1, 0.15) is 11.3 Å². The van der Waals surface area contributed by atoms with Gasteiger partial charge in [0, 0.05) is 34.6 Å². The lowest BCUT2D eigenvalue weighted by molar-refractivity contribution is -0.117. The van der Waals surface area contributed by atoms with Crippen LogP contribution in [0.2, 0.25) is 0 Å².